The predicted octanol–water partition coefficient (Wildman–Crippen LogP) is 4.43. The van der Waals surface area contributed by atoms with Crippen molar-refractivity contribution in [1.29, 1.82) is 0 Å². The molecule has 1 aromatic heterocycles. The van der Waals surface area contributed by atoms with Crippen molar-refractivity contribution in [2.75, 3.05) is 40.0 Å². The number of thiophene rings is 1. The molecule has 0 saturated heterocycles. The number of halogens is 1. The first-order chi connectivity index (χ1) is 17.8. The normalized spacial score (nSPS) is 15.6. The number of sulfonamides is 1. The Morgan fingerprint density at radius 2 is 1.86 bits per heavy atom. The molecule has 198 valence electrons. The first-order valence-corrected chi connectivity index (χ1v) is 14.4. The first-order valence-electron chi connectivity index (χ1n) is 12.1. The molecule has 0 unspecified atom stereocenters. The smallest absolute Gasteiger partial charge is 0.243 e. The van der Waals surface area contributed by atoms with E-state index in [1.54, 1.807) is 59.7 Å². The molecule has 0 aliphatic carbocycles. The van der Waals surface area contributed by atoms with Crippen LogP contribution in [0, 0.1) is 12.7 Å². The van der Waals surface area contributed by atoms with Gasteiger partial charge in [0.15, 0.2) is 0 Å². The van der Waals surface area contributed by atoms with Crippen LogP contribution in [-0.2, 0) is 26.0 Å². The summed E-state index contributed by atoms with van der Waals surface area (Å²) in [5.41, 5.74) is 1.95. The van der Waals surface area contributed by atoms with Crippen LogP contribution in [0.4, 0.5) is 4.39 Å². The fourth-order valence-corrected chi connectivity index (χ4v) is 6.71. The van der Waals surface area contributed by atoms with Gasteiger partial charge in [0.2, 0.25) is 15.9 Å². The van der Waals surface area contributed by atoms with Gasteiger partial charge in [-0.2, -0.15) is 4.31 Å². The van der Waals surface area contributed by atoms with Gasteiger partial charge >= 0.3 is 0 Å². The van der Waals surface area contributed by atoms with Gasteiger partial charge in [-0.1, -0.05) is 17.7 Å². The van der Waals surface area contributed by atoms with Gasteiger partial charge in [0.25, 0.3) is 0 Å². The third-order valence-corrected chi connectivity index (χ3v) is 9.22. The number of rotatable bonds is 11. The number of fused-ring (bicyclic) bond motifs is 1. The zero-order valence-electron chi connectivity index (χ0n) is 20.9. The van der Waals surface area contributed by atoms with Crippen LogP contribution in [0.1, 0.15) is 28.5 Å². The molecule has 10 heteroatoms. The second-order valence-corrected chi connectivity index (χ2v) is 11.9. The summed E-state index contributed by atoms with van der Waals surface area (Å²) in [5.74, 6) is -0.151. The van der Waals surface area contributed by atoms with Gasteiger partial charge in [-0.15, -0.1) is 11.3 Å². The number of amides is 1. The fourth-order valence-electron chi connectivity index (χ4n) is 4.35. The lowest BCUT2D eigenvalue weighted by molar-refractivity contribution is -0.135. The number of ether oxygens (including phenoxy) is 2. The van der Waals surface area contributed by atoms with E-state index in [0.29, 0.717) is 31.7 Å². The summed E-state index contributed by atoms with van der Waals surface area (Å²) in [6.07, 6.45) is 1.15. The molecule has 2 heterocycles. The molecule has 0 fully saturated rings. The molecular formula is C27H31FN2O5S2. The summed E-state index contributed by atoms with van der Waals surface area (Å²) < 4.78 is 52.6. The predicted molar refractivity (Wildman–Crippen MR) is 141 cm³/mol. The average molecular weight is 547 g/mol. The van der Waals surface area contributed by atoms with E-state index in [2.05, 4.69) is 0 Å². The van der Waals surface area contributed by atoms with Crippen LogP contribution in [-0.4, -0.2) is 63.5 Å². The van der Waals surface area contributed by atoms with Crippen molar-refractivity contribution in [1.82, 2.24) is 9.21 Å². The van der Waals surface area contributed by atoms with E-state index >= 15 is 0 Å². The Morgan fingerprint density at radius 1 is 1.14 bits per heavy atom. The molecule has 0 radical (unpaired) electrons. The van der Waals surface area contributed by atoms with Gasteiger partial charge in [0.05, 0.1) is 17.5 Å². The van der Waals surface area contributed by atoms with Crippen LogP contribution < -0.4 is 4.74 Å². The summed E-state index contributed by atoms with van der Waals surface area (Å²) in [6.45, 7) is 2.77. The summed E-state index contributed by atoms with van der Waals surface area (Å²) in [7, 11) is -2.34. The lowest BCUT2D eigenvalue weighted by atomic mass is 10.0. The number of benzene rings is 2. The Bertz CT molecular complexity index is 1290. The molecule has 3 aromatic rings. The van der Waals surface area contributed by atoms with Crippen LogP contribution in [0.2, 0.25) is 0 Å². The van der Waals surface area contributed by atoms with E-state index in [1.807, 2.05) is 18.4 Å². The standard InChI is InChI=1S/C27H31FN2O5S2/c1-20-4-10-23(11-5-20)37(32,33)29(14-3-16-34-2)18-27(31)30-15-12-26-24(13-17-36-26)25(30)19-35-22-8-6-21(28)7-9-22/h4-11,13,17,25H,3,12,14-16,18-19H2,1-2H3/t25-/m0/s1. The molecule has 0 spiro atoms. The van der Waals surface area contributed by atoms with Gasteiger partial charge in [0, 0.05) is 31.7 Å². The first kappa shape index (κ1) is 27.3. The Morgan fingerprint density at radius 3 is 2.57 bits per heavy atom. The van der Waals surface area contributed by atoms with Gasteiger partial charge in [-0.3, -0.25) is 4.79 Å². The van der Waals surface area contributed by atoms with E-state index in [4.69, 9.17) is 9.47 Å². The van der Waals surface area contributed by atoms with Crippen molar-refractivity contribution in [2.45, 2.75) is 30.7 Å². The molecule has 1 aliphatic rings. The van der Waals surface area contributed by atoms with Gasteiger partial charge in [0.1, 0.15) is 18.2 Å². The molecule has 1 amide bonds. The Kier molecular flexibility index (Phi) is 8.96. The Labute approximate surface area is 221 Å². The van der Waals surface area contributed by atoms with Crippen molar-refractivity contribution in [3.63, 3.8) is 0 Å². The van der Waals surface area contributed by atoms with Crippen molar-refractivity contribution >= 4 is 27.3 Å². The monoisotopic (exact) mass is 546 g/mol. The van der Waals surface area contributed by atoms with E-state index in [0.717, 1.165) is 11.1 Å². The summed E-state index contributed by atoms with van der Waals surface area (Å²) in [5, 5.41) is 1.99. The van der Waals surface area contributed by atoms with Crippen molar-refractivity contribution in [3.05, 3.63) is 81.8 Å². The van der Waals surface area contributed by atoms with Crippen molar-refractivity contribution in [2.24, 2.45) is 0 Å². The molecule has 0 saturated carbocycles. The maximum absolute atomic E-state index is 13.7. The minimum atomic E-state index is -3.89. The zero-order valence-corrected chi connectivity index (χ0v) is 22.6. The molecular weight excluding hydrogens is 515 g/mol. The number of carbonyl (C=O) groups excluding carboxylic acids is 1. The SMILES string of the molecule is COCCCN(CC(=O)N1CCc2sccc2[C@@H]1COc1ccc(F)cc1)S(=O)(=O)c1ccc(C)cc1. The summed E-state index contributed by atoms with van der Waals surface area (Å²) >= 11 is 1.63. The molecule has 1 aliphatic heterocycles. The third kappa shape index (κ3) is 6.56. The van der Waals surface area contributed by atoms with Crippen LogP contribution >= 0.6 is 11.3 Å². The van der Waals surface area contributed by atoms with Gasteiger partial charge in [-0.25, -0.2) is 12.8 Å². The molecule has 4 rings (SSSR count). The molecule has 7 nitrogen and oxygen atoms in total. The van der Waals surface area contributed by atoms with Crippen molar-refractivity contribution < 1.29 is 27.1 Å². The van der Waals surface area contributed by atoms with E-state index in [1.165, 1.54) is 21.3 Å². The Hall–Kier alpha value is -2.79. The van der Waals surface area contributed by atoms with E-state index in [9.17, 15) is 17.6 Å². The zero-order chi connectivity index (χ0) is 26.4. The highest BCUT2D eigenvalue weighted by Gasteiger charge is 2.35. The van der Waals surface area contributed by atoms with Crippen LogP contribution in [0.5, 0.6) is 5.75 Å². The quantitative estimate of drug-likeness (QED) is 0.333. The molecule has 37 heavy (non-hydrogen) atoms. The minimum absolute atomic E-state index is 0.151. The number of aryl methyl sites for hydroxylation is 1. The number of carbonyl (C=O) groups is 1. The minimum Gasteiger partial charge on any atom is -0.491 e. The van der Waals surface area contributed by atoms with Crippen LogP contribution in [0.25, 0.3) is 0 Å². The molecule has 2 aromatic carbocycles. The number of nitrogens with zero attached hydrogens (tertiary/aromatic N) is 2. The maximum Gasteiger partial charge on any atom is 0.243 e. The highest BCUT2D eigenvalue weighted by molar-refractivity contribution is 7.89. The van der Waals surface area contributed by atoms with Crippen molar-refractivity contribution in [3.8, 4) is 5.75 Å². The lowest BCUT2D eigenvalue weighted by Crippen LogP contribution is -2.48. The molecule has 0 N–H and O–H groups in total. The molecule has 0 bridgehead atoms. The van der Waals surface area contributed by atoms with E-state index < -0.39 is 10.0 Å². The van der Waals surface area contributed by atoms with E-state index in [-0.39, 0.29) is 42.4 Å². The second kappa shape index (κ2) is 12.2. The van der Waals surface area contributed by atoms with Crippen LogP contribution in [0.15, 0.2) is 64.9 Å². The Balaban J connectivity index is 1.55. The van der Waals surface area contributed by atoms with Gasteiger partial charge in [-0.05, 0) is 73.2 Å². The number of methoxy groups -OCH3 is 1. The third-order valence-electron chi connectivity index (χ3n) is 6.36. The van der Waals surface area contributed by atoms with Crippen LogP contribution in [0.3, 0.4) is 0 Å². The summed E-state index contributed by atoms with van der Waals surface area (Å²) in [4.78, 5) is 16.7. The highest BCUT2D eigenvalue weighted by atomic mass is 32.2. The largest absolute Gasteiger partial charge is 0.491 e. The van der Waals surface area contributed by atoms with Gasteiger partial charge < -0.3 is 14.4 Å². The molecule has 1 atom stereocenters. The fraction of sp³-hybridized carbons (Fsp3) is 0.370. The number of hydrogen-bond acceptors (Lipinski definition) is 6. The topological polar surface area (TPSA) is 76.2 Å². The highest BCUT2D eigenvalue weighted by Crippen LogP contribution is 2.34. The lowest BCUT2D eigenvalue weighted by Gasteiger charge is -2.37. The average Bonchev–Trinajstić information content (AvgIpc) is 3.37. The second-order valence-electron chi connectivity index (χ2n) is 8.91. The number of hydrogen-bond donors (Lipinski definition) is 0. The summed E-state index contributed by atoms with van der Waals surface area (Å²) in [6, 6.07) is 14.0. The maximum atomic E-state index is 13.7.